The second-order valence-electron chi connectivity index (χ2n) is 6.21. The van der Waals surface area contributed by atoms with E-state index in [1.165, 1.54) is 19.2 Å². The van der Waals surface area contributed by atoms with Gasteiger partial charge in [-0.2, -0.15) is 0 Å². The van der Waals surface area contributed by atoms with Crippen LogP contribution in [0, 0.1) is 11.7 Å². The Balaban J connectivity index is 1.73. The maximum atomic E-state index is 13.2. The Bertz CT molecular complexity index is 791. The molecule has 2 aromatic rings. The minimum atomic E-state index is -0.590. The Morgan fingerprint density at radius 3 is 2.69 bits per heavy atom. The van der Waals surface area contributed by atoms with Crippen molar-refractivity contribution in [1.82, 2.24) is 5.32 Å². The van der Waals surface area contributed by atoms with Crippen molar-refractivity contribution in [2.45, 2.75) is 18.9 Å². The van der Waals surface area contributed by atoms with Gasteiger partial charge in [-0.3, -0.25) is 9.59 Å². The summed E-state index contributed by atoms with van der Waals surface area (Å²) >= 11 is 0. The summed E-state index contributed by atoms with van der Waals surface area (Å²) in [7, 11) is 1.29. The lowest BCUT2D eigenvalue weighted by atomic mass is 9.95. The lowest BCUT2D eigenvalue weighted by Gasteiger charge is -2.27. The Kier molecular flexibility index (Phi) is 5.51. The molecular weight excluding hydrogens is 337 g/mol. The van der Waals surface area contributed by atoms with E-state index in [-0.39, 0.29) is 30.7 Å². The third-order valence-electron chi connectivity index (χ3n) is 4.44. The van der Waals surface area contributed by atoms with Crippen LogP contribution >= 0.6 is 0 Å². The van der Waals surface area contributed by atoms with Crippen LogP contribution in [0.3, 0.4) is 0 Å². The van der Waals surface area contributed by atoms with Crippen molar-refractivity contribution in [1.29, 1.82) is 0 Å². The fourth-order valence-electron chi connectivity index (χ4n) is 2.98. The number of hydrogen-bond acceptors (Lipinski definition) is 4. The first-order chi connectivity index (χ1) is 12.6. The maximum Gasteiger partial charge on any atom is 0.307 e. The van der Waals surface area contributed by atoms with Gasteiger partial charge in [-0.05, 0) is 35.7 Å². The molecule has 1 aliphatic rings. The van der Waals surface area contributed by atoms with E-state index in [1.807, 2.05) is 24.3 Å². The van der Waals surface area contributed by atoms with E-state index in [0.29, 0.717) is 12.0 Å². The number of fused-ring (bicyclic) bond motifs is 1. The van der Waals surface area contributed by atoms with E-state index in [4.69, 9.17) is 9.47 Å². The monoisotopic (exact) mass is 357 g/mol. The number of para-hydroxylation sites is 1. The summed E-state index contributed by atoms with van der Waals surface area (Å²) in [6, 6.07) is 12.7. The number of methoxy groups -OCH3 is 1. The number of halogens is 1. The van der Waals surface area contributed by atoms with E-state index in [9.17, 15) is 14.0 Å². The predicted molar refractivity (Wildman–Crippen MR) is 93.0 cm³/mol. The fraction of sp³-hybridized carbons (Fsp3) is 0.300. The smallest absolute Gasteiger partial charge is 0.307 e. The van der Waals surface area contributed by atoms with Crippen molar-refractivity contribution in [3.8, 4) is 5.75 Å². The molecule has 0 aromatic heterocycles. The van der Waals surface area contributed by atoms with Crippen LogP contribution in [0.5, 0.6) is 5.75 Å². The summed E-state index contributed by atoms with van der Waals surface area (Å²) in [6.45, 7) is 0.275. The molecule has 1 amide bonds. The van der Waals surface area contributed by atoms with Gasteiger partial charge < -0.3 is 14.8 Å². The maximum absolute atomic E-state index is 13.2. The van der Waals surface area contributed by atoms with Gasteiger partial charge in [-0.1, -0.05) is 30.3 Å². The highest BCUT2D eigenvalue weighted by Gasteiger charge is 2.28. The van der Waals surface area contributed by atoms with Crippen molar-refractivity contribution in [3.05, 3.63) is 65.5 Å². The summed E-state index contributed by atoms with van der Waals surface area (Å²) < 4.78 is 23.5. The quantitative estimate of drug-likeness (QED) is 0.836. The molecule has 0 bridgehead atoms. The van der Waals surface area contributed by atoms with Gasteiger partial charge in [0, 0.05) is 0 Å². The molecule has 2 atom stereocenters. The van der Waals surface area contributed by atoms with Crippen molar-refractivity contribution >= 4 is 11.9 Å². The minimum Gasteiger partial charge on any atom is -0.492 e. The first kappa shape index (κ1) is 17.9. The minimum absolute atomic E-state index is 0.0297. The average Bonchev–Trinajstić information content (AvgIpc) is 2.67. The number of amides is 1. The highest BCUT2D eigenvalue weighted by molar-refractivity contribution is 5.81. The molecule has 0 unspecified atom stereocenters. The SMILES string of the molecule is COC(=O)C[C@@H](NC(=O)[C@H]1COc2ccccc2C1)c1ccc(F)cc1. The second kappa shape index (κ2) is 7.99. The molecule has 1 N–H and O–H groups in total. The lowest BCUT2D eigenvalue weighted by Crippen LogP contribution is -2.40. The number of carbonyl (C=O) groups is 2. The Labute approximate surface area is 151 Å². The third kappa shape index (κ3) is 4.20. The number of rotatable bonds is 5. The van der Waals surface area contributed by atoms with Crippen LogP contribution < -0.4 is 10.1 Å². The predicted octanol–water partition coefficient (Wildman–Crippen LogP) is 2.80. The lowest BCUT2D eigenvalue weighted by molar-refractivity contribution is -0.141. The van der Waals surface area contributed by atoms with Crippen molar-refractivity contribution in [2.75, 3.05) is 13.7 Å². The zero-order valence-corrected chi connectivity index (χ0v) is 14.4. The van der Waals surface area contributed by atoms with Gasteiger partial charge in [0.1, 0.15) is 18.2 Å². The fourth-order valence-corrected chi connectivity index (χ4v) is 2.98. The molecule has 26 heavy (non-hydrogen) atoms. The van der Waals surface area contributed by atoms with E-state index in [0.717, 1.165) is 11.3 Å². The summed E-state index contributed by atoms with van der Waals surface area (Å²) in [6.07, 6.45) is 0.536. The summed E-state index contributed by atoms with van der Waals surface area (Å²) in [5, 5.41) is 2.88. The first-order valence-electron chi connectivity index (χ1n) is 8.40. The van der Waals surface area contributed by atoms with Gasteiger partial charge in [0.2, 0.25) is 5.91 Å². The van der Waals surface area contributed by atoms with Gasteiger partial charge in [-0.25, -0.2) is 4.39 Å². The number of esters is 1. The van der Waals surface area contributed by atoms with Crippen LogP contribution in [0.15, 0.2) is 48.5 Å². The third-order valence-corrected chi connectivity index (χ3v) is 4.44. The molecule has 0 fully saturated rings. The highest BCUT2D eigenvalue weighted by atomic mass is 19.1. The molecule has 6 heteroatoms. The van der Waals surface area contributed by atoms with Crippen LogP contribution in [-0.4, -0.2) is 25.6 Å². The van der Waals surface area contributed by atoms with Gasteiger partial charge in [0.25, 0.3) is 0 Å². The molecule has 3 rings (SSSR count). The Morgan fingerprint density at radius 2 is 1.96 bits per heavy atom. The average molecular weight is 357 g/mol. The molecule has 1 heterocycles. The van der Waals surface area contributed by atoms with Crippen molar-refractivity contribution < 1.29 is 23.5 Å². The van der Waals surface area contributed by atoms with E-state index in [2.05, 4.69) is 5.32 Å². The van der Waals surface area contributed by atoms with E-state index >= 15 is 0 Å². The zero-order valence-electron chi connectivity index (χ0n) is 14.4. The van der Waals surface area contributed by atoms with Crippen molar-refractivity contribution in [3.63, 3.8) is 0 Å². The van der Waals surface area contributed by atoms with Crippen molar-refractivity contribution in [2.24, 2.45) is 5.92 Å². The Hall–Kier alpha value is -2.89. The first-order valence-corrected chi connectivity index (χ1v) is 8.40. The normalized spacial score (nSPS) is 16.8. The largest absolute Gasteiger partial charge is 0.492 e. The second-order valence-corrected chi connectivity index (χ2v) is 6.21. The van der Waals surface area contributed by atoms with Gasteiger partial charge in [0.05, 0.1) is 25.5 Å². The number of hydrogen-bond donors (Lipinski definition) is 1. The molecule has 136 valence electrons. The summed E-state index contributed by atoms with van der Waals surface area (Å²) in [4.78, 5) is 24.4. The van der Waals surface area contributed by atoms with Crippen LogP contribution in [0.2, 0.25) is 0 Å². The number of nitrogens with one attached hydrogen (secondary N) is 1. The van der Waals surface area contributed by atoms with Crippen LogP contribution in [-0.2, 0) is 20.7 Å². The molecule has 0 spiro atoms. The topological polar surface area (TPSA) is 64.6 Å². The Morgan fingerprint density at radius 1 is 1.23 bits per heavy atom. The van der Waals surface area contributed by atoms with E-state index in [1.54, 1.807) is 12.1 Å². The molecule has 2 aromatic carbocycles. The van der Waals surface area contributed by atoms with Gasteiger partial charge in [0.15, 0.2) is 0 Å². The number of benzene rings is 2. The van der Waals surface area contributed by atoms with Gasteiger partial charge >= 0.3 is 5.97 Å². The van der Waals surface area contributed by atoms with Crippen LogP contribution in [0.4, 0.5) is 4.39 Å². The summed E-state index contributed by atoms with van der Waals surface area (Å²) in [5.41, 5.74) is 1.62. The molecule has 0 saturated heterocycles. The van der Waals surface area contributed by atoms with Gasteiger partial charge in [-0.15, -0.1) is 0 Å². The van der Waals surface area contributed by atoms with Crippen LogP contribution in [0.25, 0.3) is 0 Å². The van der Waals surface area contributed by atoms with Crippen LogP contribution in [0.1, 0.15) is 23.6 Å². The number of carbonyl (C=O) groups excluding carboxylic acids is 2. The molecular formula is C20H20FNO4. The molecule has 0 radical (unpaired) electrons. The molecule has 0 saturated carbocycles. The molecule has 5 nitrogen and oxygen atoms in total. The highest BCUT2D eigenvalue weighted by Crippen LogP contribution is 2.27. The van der Waals surface area contributed by atoms with E-state index < -0.39 is 12.0 Å². The molecule has 1 aliphatic heterocycles. The summed E-state index contributed by atoms with van der Waals surface area (Å²) in [5.74, 6) is -0.608. The standard InChI is InChI=1S/C20H20FNO4/c1-25-19(23)11-17(13-6-8-16(21)9-7-13)22-20(24)15-10-14-4-2-3-5-18(14)26-12-15/h2-9,15,17H,10-12H2,1H3,(H,22,24)/t15-,17-/m1/s1. The molecule has 0 aliphatic carbocycles. The zero-order chi connectivity index (χ0) is 18.5. The number of ether oxygens (including phenoxy) is 2.